The number of hydrogen-bond acceptors (Lipinski definition) is 2. The fourth-order valence-corrected chi connectivity index (χ4v) is 2.97. The van der Waals surface area contributed by atoms with Crippen molar-refractivity contribution < 1.29 is 4.79 Å². The number of nitrogens with zero attached hydrogens (tertiary/aromatic N) is 1. The molecule has 19 heavy (non-hydrogen) atoms. The molecular weight excluding hydrogens is 234 g/mol. The molecular formula is C17H25NO. The smallest absolute Gasteiger partial charge is 0.177 e. The molecule has 0 N–H and O–H groups in total. The number of carbonyl (C=O) groups excluding carboxylic acids is 1. The summed E-state index contributed by atoms with van der Waals surface area (Å²) in [6.07, 6.45) is 5.05. The van der Waals surface area contributed by atoms with Crippen LogP contribution in [0, 0.1) is 13.8 Å². The maximum Gasteiger partial charge on any atom is 0.177 e. The van der Waals surface area contributed by atoms with Crippen molar-refractivity contribution in [2.45, 2.75) is 52.5 Å². The average molecular weight is 259 g/mol. The van der Waals surface area contributed by atoms with Crippen LogP contribution in [0.4, 0.5) is 0 Å². The third-order valence-electron chi connectivity index (χ3n) is 4.22. The van der Waals surface area contributed by atoms with E-state index in [1.54, 1.807) is 0 Å². The molecule has 2 nitrogen and oxygen atoms in total. The molecule has 1 aliphatic heterocycles. The van der Waals surface area contributed by atoms with E-state index < -0.39 is 0 Å². The Hall–Kier alpha value is -1.15. The Morgan fingerprint density at radius 1 is 1.26 bits per heavy atom. The van der Waals surface area contributed by atoms with Crippen molar-refractivity contribution in [3.05, 3.63) is 34.9 Å². The van der Waals surface area contributed by atoms with Crippen molar-refractivity contribution in [2.24, 2.45) is 0 Å². The van der Waals surface area contributed by atoms with E-state index in [-0.39, 0.29) is 5.78 Å². The second kappa shape index (κ2) is 6.33. The van der Waals surface area contributed by atoms with Gasteiger partial charge >= 0.3 is 0 Å². The lowest BCUT2D eigenvalue weighted by molar-refractivity contribution is 0.0901. The maximum absolute atomic E-state index is 12.5. The van der Waals surface area contributed by atoms with Crippen LogP contribution in [-0.4, -0.2) is 29.8 Å². The third-order valence-corrected chi connectivity index (χ3v) is 4.22. The lowest BCUT2D eigenvalue weighted by atomic mass is 10.0. The zero-order chi connectivity index (χ0) is 13.8. The maximum atomic E-state index is 12.5. The summed E-state index contributed by atoms with van der Waals surface area (Å²) >= 11 is 0. The predicted molar refractivity (Wildman–Crippen MR) is 79.7 cm³/mol. The largest absolute Gasteiger partial charge is 0.293 e. The molecule has 1 heterocycles. The molecule has 2 rings (SSSR count). The topological polar surface area (TPSA) is 20.3 Å². The Balaban J connectivity index is 2.07. The summed E-state index contributed by atoms with van der Waals surface area (Å²) in [7, 11) is 0. The molecule has 1 atom stereocenters. The van der Waals surface area contributed by atoms with Crippen LogP contribution < -0.4 is 0 Å². The van der Waals surface area contributed by atoms with Crippen LogP contribution in [0.2, 0.25) is 0 Å². The molecule has 0 aliphatic carbocycles. The fourth-order valence-electron chi connectivity index (χ4n) is 2.97. The molecule has 1 unspecified atom stereocenters. The molecule has 0 bridgehead atoms. The highest BCUT2D eigenvalue weighted by Crippen LogP contribution is 2.18. The molecule has 2 heteroatoms. The third kappa shape index (κ3) is 3.66. The molecule has 1 aromatic rings. The van der Waals surface area contributed by atoms with E-state index in [0.717, 1.165) is 17.7 Å². The second-order valence-corrected chi connectivity index (χ2v) is 5.91. The number of Topliss-reactive ketones (excluding diaryl/α,β-unsaturated/α-hetero) is 1. The number of aryl methyl sites for hydroxylation is 2. The summed E-state index contributed by atoms with van der Waals surface area (Å²) in [6.45, 7) is 7.99. The predicted octanol–water partition coefficient (Wildman–Crippen LogP) is 3.75. The van der Waals surface area contributed by atoms with Crippen LogP contribution in [-0.2, 0) is 0 Å². The number of rotatable bonds is 3. The van der Waals surface area contributed by atoms with E-state index in [9.17, 15) is 4.79 Å². The van der Waals surface area contributed by atoms with Crippen molar-refractivity contribution in [2.75, 3.05) is 13.1 Å². The van der Waals surface area contributed by atoms with E-state index in [4.69, 9.17) is 0 Å². The van der Waals surface area contributed by atoms with Crippen molar-refractivity contribution in [1.82, 2.24) is 4.90 Å². The van der Waals surface area contributed by atoms with Crippen LogP contribution in [0.3, 0.4) is 0 Å². The average Bonchev–Trinajstić information content (AvgIpc) is 2.55. The van der Waals surface area contributed by atoms with Gasteiger partial charge in [-0.15, -0.1) is 0 Å². The van der Waals surface area contributed by atoms with Gasteiger partial charge in [0.2, 0.25) is 0 Å². The molecule has 0 aromatic heterocycles. The van der Waals surface area contributed by atoms with E-state index >= 15 is 0 Å². The second-order valence-electron chi connectivity index (χ2n) is 5.91. The molecule has 0 spiro atoms. The summed E-state index contributed by atoms with van der Waals surface area (Å²) in [5.41, 5.74) is 3.21. The first-order valence-corrected chi connectivity index (χ1v) is 7.42. The minimum absolute atomic E-state index is 0.270. The highest BCUT2D eigenvalue weighted by Gasteiger charge is 2.20. The zero-order valence-corrected chi connectivity index (χ0v) is 12.4. The van der Waals surface area contributed by atoms with Gasteiger partial charge in [-0.3, -0.25) is 9.69 Å². The number of benzene rings is 1. The Morgan fingerprint density at radius 2 is 2.05 bits per heavy atom. The van der Waals surface area contributed by atoms with Crippen LogP contribution >= 0.6 is 0 Å². The summed E-state index contributed by atoms with van der Waals surface area (Å²) < 4.78 is 0. The van der Waals surface area contributed by atoms with Crippen molar-refractivity contribution in [3.63, 3.8) is 0 Å². The van der Waals surface area contributed by atoms with Gasteiger partial charge in [0.25, 0.3) is 0 Å². The summed E-state index contributed by atoms with van der Waals surface area (Å²) in [5, 5.41) is 0. The van der Waals surface area contributed by atoms with Gasteiger partial charge in [0, 0.05) is 11.6 Å². The van der Waals surface area contributed by atoms with Crippen molar-refractivity contribution >= 4 is 5.78 Å². The zero-order valence-electron chi connectivity index (χ0n) is 12.4. The number of hydrogen-bond donors (Lipinski definition) is 0. The van der Waals surface area contributed by atoms with Crippen molar-refractivity contribution in [1.29, 1.82) is 0 Å². The normalized spacial score (nSPS) is 21.1. The van der Waals surface area contributed by atoms with Crippen molar-refractivity contribution in [3.8, 4) is 0 Å². The van der Waals surface area contributed by atoms with E-state index in [1.807, 2.05) is 19.1 Å². The monoisotopic (exact) mass is 259 g/mol. The molecule has 104 valence electrons. The Bertz CT molecular complexity index is 453. The molecule has 0 saturated carbocycles. The minimum Gasteiger partial charge on any atom is -0.293 e. The number of likely N-dealkylation sites (tertiary alicyclic amines) is 1. The van der Waals surface area contributed by atoms with E-state index in [0.29, 0.717) is 12.6 Å². The summed E-state index contributed by atoms with van der Waals surface area (Å²) in [5.74, 6) is 0.270. The molecule has 1 saturated heterocycles. The first kappa shape index (κ1) is 14.3. The minimum atomic E-state index is 0.270. The lowest BCUT2D eigenvalue weighted by Crippen LogP contribution is -2.37. The van der Waals surface area contributed by atoms with Crippen LogP contribution in [0.15, 0.2) is 18.2 Å². The van der Waals surface area contributed by atoms with Crippen LogP contribution in [0.5, 0.6) is 0 Å². The SMILES string of the molecule is Cc1ccc(C(=O)CN2CCCCCC2C)c(C)c1. The van der Waals surface area contributed by atoms with Gasteiger partial charge in [-0.25, -0.2) is 0 Å². The highest BCUT2D eigenvalue weighted by atomic mass is 16.1. The van der Waals surface area contributed by atoms with Gasteiger partial charge in [0.1, 0.15) is 0 Å². The van der Waals surface area contributed by atoms with Crippen LogP contribution in [0.25, 0.3) is 0 Å². The van der Waals surface area contributed by atoms with E-state index in [1.165, 1.54) is 31.2 Å². The van der Waals surface area contributed by atoms with Gasteiger partial charge < -0.3 is 0 Å². The highest BCUT2D eigenvalue weighted by molar-refractivity contribution is 5.99. The van der Waals surface area contributed by atoms with Gasteiger partial charge in [0.05, 0.1) is 6.54 Å². The summed E-state index contributed by atoms with van der Waals surface area (Å²) in [4.78, 5) is 14.8. The van der Waals surface area contributed by atoms with E-state index in [2.05, 4.69) is 24.8 Å². The quantitative estimate of drug-likeness (QED) is 0.771. The molecule has 1 aromatic carbocycles. The molecule has 1 aliphatic rings. The standard InChI is InChI=1S/C17H25NO/c1-13-8-9-16(14(2)11-13)17(19)12-18-10-6-4-5-7-15(18)3/h8-9,11,15H,4-7,10,12H2,1-3H3. The lowest BCUT2D eigenvalue weighted by Gasteiger charge is -2.26. The fraction of sp³-hybridized carbons (Fsp3) is 0.588. The Labute approximate surface area is 116 Å². The number of ketones is 1. The molecule has 0 amide bonds. The van der Waals surface area contributed by atoms with Crippen LogP contribution in [0.1, 0.15) is 54.1 Å². The molecule has 1 fully saturated rings. The summed E-state index contributed by atoms with van der Waals surface area (Å²) in [6, 6.07) is 6.65. The van der Waals surface area contributed by atoms with Gasteiger partial charge in [0.15, 0.2) is 5.78 Å². The first-order valence-electron chi connectivity index (χ1n) is 7.42. The Kier molecular flexibility index (Phi) is 4.76. The number of carbonyl (C=O) groups is 1. The van der Waals surface area contributed by atoms with Gasteiger partial charge in [-0.1, -0.05) is 36.6 Å². The van der Waals surface area contributed by atoms with Gasteiger partial charge in [-0.2, -0.15) is 0 Å². The molecule has 0 radical (unpaired) electrons. The first-order chi connectivity index (χ1) is 9.08. The Morgan fingerprint density at radius 3 is 2.79 bits per heavy atom. The van der Waals surface area contributed by atoms with Gasteiger partial charge in [-0.05, 0) is 45.7 Å².